The lowest BCUT2D eigenvalue weighted by Crippen LogP contribution is -2.49. The maximum atomic E-state index is 13.2. The molecule has 0 spiro atoms. The fraction of sp³-hybridized carbons (Fsp3) is 0.333. The smallest absolute Gasteiger partial charge is 0.129 e. The molecule has 0 radical (unpaired) electrons. The SMILES string of the molecule is OCC(=S)N1CCN(c2ccc3cc(F)ccc3n2)CC1. The third-order valence-corrected chi connectivity index (χ3v) is 4.12. The molecule has 0 bridgehead atoms. The zero-order valence-corrected chi connectivity index (χ0v) is 12.3. The molecule has 1 aromatic heterocycles. The van der Waals surface area contributed by atoms with Gasteiger partial charge in [-0.05, 0) is 30.3 Å². The first-order valence-electron chi connectivity index (χ1n) is 6.87. The van der Waals surface area contributed by atoms with Gasteiger partial charge in [-0.15, -0.1) is 0 Å². The number of halogens is 1. The molecule has 110 valence electrons. The lowest BCUT2D eigenvalue weighted by molar-refractivity contribution is 0.316. The van der Waals surface area contributed by atoms with Crippen molar-refractivity contribution in [2.24, 2.45) is 0 Å². The molecule has 0 saturated carbocycles. The summed E-state index contributed by atoms with van der Waals surface area (Å²) in [5.74, 6) is 0.645. The second-order valence-electron chi connectivity index (χ2n) is 5.03. The van der Waals surface area contributed by atoms with E-state index in [0.717, 1.165) is 42.9 Å². The van der Waals surface area contributed by atoms with Gasteiger partial charge in [0.15, 0.2) is 0 Å². The Morgan fingerprint density at radius 1 is 1.19 bits per heavy atom. The van der Waals surface area contributed by atoms with Crippen molar-refractivity contribution in [3.8, 4) is 0 Å². The number of aromatic nitrogens is 1. The monoisotopic (exact) mass is 305 g/mol. The van der Waals surface area contributed by atoms with Crippen LogP contribution in [0, 0.1) is 5.82 Å². The summed E-state index contributed by atoms with van der Waals surface area (Å²) in [6.07, 6.45) is 0. The standard InChI is InChI=1S/C15H16FN3OS/c16-12-2-3-13-11(9-12)1-4-14(17-13)18-5-7-19(8-6-18)15(21)10-20/h1-4,9,20H,5-8,10H2. The van der Waals surface area contributed by atoms with Crippen LogP contribution in [-0.4, -0.2) is 52.8 Å². The zero-order chi connectivity index (χ0) is 14.8. The summed E-state index contributed by atoms with van der Waals surface area (Å²) < 4.78 is 13.2. The molecule has 6 heteroatoms. The number of rotatable bonds is 2. The lowest BCUT2D eigenvalue weighted by Gasteiger charge is -2.36. The van der Waals surface area contributed by atoms with Crippen molar-refractivity contribution in [3.05, 3.63) is 36.1 Å². The first kappa shape index (κ1) is 14.2. The summed E-state index contributed by atoms with van der Waals surface area (Å²) in [7, 11) is 0. The van der Waals surface area contributed by atoms with E-state index < -0.39 is 0 Å². The third kappa shape index (κ3) is 2.96. The van der Waals surface area contributed by atoms with Crippen molar-refractivity contribution in [1.82, 2.24) is 9.88 Å². The Kier molecular flexibility index (Phi) is 3.98. The van der Waals surface area contributed by atoms with Gasteiger partial charge < -0.3 is 14.9 Å². The maximum absolute atomic E-state index is 13.2. The van der Waals surface area contributed by atoms with Gasteiger partial charge in [0.05, 0.1) is 12.1 Å². The second kappa shape index (κ2) is 5.91. The fourth-order valence-electron chi connectivity index (χ4n) is 2.55. The summed E-state index contributed by atoms with van der Waals surface area (Å²) in [5, 5.41) is 9.88. The number of aliphatic hydroxyl groups excluding tert-OH is 1. The van der Waals surface area contributed by atoms with E-state index >= 15 is 0 Å². The summed E-state index contributed by atoms with van der Waals surface area (Å²) >= 11 is 5.11. The Hall–Kier alpha value is -1.79. The Bertz CT molecular complexity index is 671. The number of hydrogen-bond donors (Lipinski definition) is 1. The topological polar surface area (TPSA) is 39.6 Å². The highest BCUT2D eigenvalue weighted by molar-refractivity contribution is 7.80. The van der Waals surface area contributed by atoms with E-state index in [0.29, 0.717) is 4.99 Å². The third-order valence-electron chi connectivity index (χ3n) is 3.73. The van der Waals surface area contributed by atoms with Gasteiger partial charge in [-0.3, -0.25) is 0 Å². The predicted molar refractivity (Wildman–Crippen MR) is 85.2 cm³/mol. The fourth-order valence-corrected chi connectivity index (χ4v) is 2.73. The van der Waals surface area contributed by atoms with Crippen LogP contribution in [0.3, 0.4) is 0 Å². The highest BCUT2D eigenvalue weighted by Gasteiger charge is 2.19. The van der Waals surface area contributed by atoms with Crippen LogP contribution in [0.1, 0.15) is 0 Å². The summed E-state index contributed by atoms with van der Waals surface area (Å²) in [6, 6.07) is 8.43. The molecule has 4 nitrogen and oxygen atoms in total. The van der Waals surface area contributed by atoms with E-state index in [4.69, 9.17) is 17.3 Å². The average Bonchev–Trinajstić information content (AvgIpc) is 2.53. The largest absolute Gasteiger partial charge is 0.389 e. The van der Waals surface area contributed by atoms with E-state index in [1.54, 1.807) is 6.07 Å². The molecule has 2 aromatic rings. The zero-order valence-electron chi connectivity index (χ0n) is 11.5. The number of anilines is 1. The Balaban J connectivity index is 1.76. The molecule has 1 fully saturated rings. The van der Waals surface area contributed by atoms with Crippen LogP contribution < -0.4 is 4.90 Å². The molecule has 0 amide bonds. The van der Waals surface area contributed by atoms with Crippen molar-refractivity contribution in [2.75, 3.05) is 37.7 Å². The number of benzene rings is 1. The lowest BCUT2D eigenvalue weighted by atomic mass is 10.2. The van der Waals surface area contributed by atoms with Gasteiger partial charge in [0.2, 0.25) is 0 Å². The molecule has 0 unspecified atom stereocenters. The van der Waals surface area contributed by atoms with Crippen molar-refractivity contribution in [1.29, 1.82) is 0 Å². The van der Waals surface area contributed by atoms with Crippen molar-refractivity contribution >= 4 is 33.9 Å². The number of fused-ring (bicyclic) bond motifs is 1. The van der Waals surface area contributed by atoms with Crippen molar-refractivity contribution in [3.63, 3.8) is 0 Å². The van der Waals surface area contributed by atoms with Crippen molar-refractivity contribution in [2.45, 2.75) is 0 Å². The molecular formula is C15H16FN3OS. The van der Waals surface area contributed by atoms with E-state index in [-0.39, 0.29) is 12.4 Å². The van der Waals surface area contributed by atoms with Crippen LogP contribution in [0.4, 0.5) is 10.2 Å². The van der Waals surface area contributed by atoms with Gasteiger partial charge in [-0.25, -0.2) is 9.37 Å². The van der Waals surface area contributed by atoms with E-state index in [9.17, 15) is 4.39 Å². The second-order valence-corrected chi connectivity index (χ2v) is 5.50. The molecule has 0 atom stereocenters. The van der Waals surface area contributed by atoms with E-state index in [1.165, 1.54) is 12.1 Å². The molecule has 1 aliphatic heterocycles. The Morgan fingerprint density at radius 2 is 1.95 bits per heavy atom. The Morgan fingerprint density at radius 3 is 2.67 bits per heavy atom. The quantitative estimate of drug-likeness (QED) is 0.857. The van der Waals surface area contributed by atoms with Crippen LogP contribution >= 0.6 is 12.2 Å². The molecule has 21 heavy (non-hydrogen) atoms. The maximum Gasteiger partial charge on any atom is 0.129 e. The van der Waals surface area contributed by atoms with Gasteiger partial charge in [-0.1, -0.05) is 12.2 Å². The minimum atomic E-state index is -0.247. The number of piperazine rings is 1. The minimum absolute atomic E-state index is 0.0743. The number of pyridine rings is 1. The van der Waals surface area contributed by atoms with Gasteiger partial charge in [0, 0.05) is 31.6 Å². The highest BCUT2D eigenvalue weighted by atomic mass is 32.1. The summed E-state index contributed by atoms with van der Waals surface area (Å²) in [6.45, 7) is 3.10. The number of hydrogen-bond acceptors (Lipinski definition) is 4. The molecule has 1 aliphatic rings. The first-order valence-corrected chi connectivity index (χ1v) is 7.28. The van der Waals surface area contributed by atoms with Crippen LogP contribution in [0.5, 0.6) is 0 Å². The normalized spacial score (nSPS) is 15.5. The van der Waals surface area contributed by atoms with E-state index in [2.05, 4.69) is 9.88 Å². The van der Waals surface area contributed by atoms with Crippen LogP contribution in [0.25, 0.3) is 10.9 Å². The molecule has 1 aromatic carbocycles. The van der Waals surface area contributed by atoms with Gasteiger partial charge in [0.25, 0.3) is 0 Å². The average molecular weight is 305 g/mol. The van der Waals surface area contributed by atoms with Gasteiger partial charge >= 0.3 is 0 Å². The molecule has 1 N–H and O–H groups in total. The van der Waals surface area contributed by atoms with Crippen molar-refractivity contribution < 1.29 is 9.50 Å². The van der Waals surface area contributed by atoms with Crippen LogP contribution in [0.2, 0.25) is 0 Å². The van der Waals surface area contributed by atoms with Crippen LogP contribution in [0.15, 0.2) is 30.3 Å². The van der Waals surface area contributed by atoms with Gasteiger partial charge in [-0.2, -0.15) is 0 Å². The van der Waals surface area contributed by atoms with E-state index in [1.807, 2.05) is 17.0 Å². The Labute approximate surface area is 127 Å². The molecule has 1 saturated heterocycles. The minimum Gasteiger partial charge on any atom is -0.389 e. The molecule has 3 rings (SSSR count). The molecular weight excluding hydrogens is 289 g/mol. The number of nitrogens with zero attached hydrogens (tertiary/aromatic N) is 3. The summed E-state index contributed by atoms with van der Waals surface area (Å²) in [5.41, 5.74) is 0.794. The molecule has 0 aliphatic carbocycles. The molecule has 2 heterocycles. The number of thiocarbonyl (C=S) groups is 1. The predicted octanol–water partition coefficient (Wildman–Crippen LogP) is 1.82. The highest BCUT2D eigenvalue weighted by Crippen LogP contribution is 2.20. The number of aliphatic hydroxyl groups is 1. The van der Waals surface area contributed by atoms with Gasteiger partial charge in [0.1, 0.15) is 16.6 Å². The first-order chi connectivity index (χ1) is 10.2. The summed E-state index contributed by atoms with van der Waals surface area (Å²) in [4.78, 5) is 9.38. The van der Waals surface area contributed by atoms with Crippen LogP contribution in [-0.2, 0) is 0 Å².